The van der Waals surface area contributed by atoms with Crippen molar-refractivity contribution >= 4 is 0 Å². The lowest BCUT2D eigenvalue weighted by Crippen LogP contribution is -2.42. The summed E-state index contributed by atoms with van der Waals surface area (Å²) in [5.74, 6) is 0. The zero-order valence-electron chi connectivity index (χ0n) is 9.32. The molecule has 1 aliphatic rings. The second-order valence-electron chi connectivity index (χ2n) is 4.03. The van der Waals surface area contributed by atoms with Crippen molar-refractivity contribution in [3.8, 4) is 0 Å². The van der Waals surface area contributed by atoms with Gasteiger partial charge in [0.2, 0.25) is 0 Å². The van der Waals surface area contributed by atoms with Gasteiger partial charge in [-0.15, -0.1) is 6.58 Å². The molecule has 1 aliphatic heterocycles. The van der Waals surface area contributed by atoms with Crippen LogP contribution in [0.1, 0.15) is 11.3 Å². The van der Waals surface area contributed by atoms with Crippen LogP contribution in [0.2, 0.25) is 0 Å². The zero-order valence-corrected chi connectivity index (χ0v) is 9.32. The fraction of sp³-hybridized carbons (Fsp3) is 0.455. The Kier molecular flexibility index (Phi) is 2.78. The fourth-order valence-corrected chi connectivity index (χ4v) is 2.00. The SMILES string of the molecule is C=CCN1CCc2[nH]c(=O)n(C)c(=O)c2C1. The van der Waals surface area contributed by atoms with Crippen molar-refractivity contribution in [2.24, 2.45) is 7.05 Å². The molecule has 0 saturated heterocycles. The third-order valence-electron chi connectivity index (χ3n) is 2.94. The molecule has 0 amide bonds. The van der Waals surface area contributed by atoms with Gasteiger partial charge in [-0.25, -0.2) is 4.79 Å². The molecule has 0 aromatic carbocycles. The van der Waals surface area contributed by atoms with E-state index in [2.05, 4.69) is 16.5 Å². The molecule has 0 unspecified atom stereocenters. The summed E-state index contributed by atoms with van der Waals surface area (Å²) in [5.41, 5.74) is 0.969. The Hall–Kier alpha value is -1.62. The molecular weight excluding hydrogens is 206 g/mol. The molecule has 0 spiro atoms. The Labute approximate surface area is 93.0 Å². The summed E-state index contributed by atoms with van der Waals surface area (Å²) in [7, 11) is 1.49. The Morgan fingerprint density at radius 1 is 1.50 bits per heavy atom. The highest BCUT2D eigenvalue weighted by molar-refractivity contribution is 5.19. The minimum absolute atomic E-state index is 0.187. The van der Waals surface area contributed by atoms with Crippen LogP contribution < -0.4 is 11.2 Å². The van der Waals surface area contributed by atoms with Gasteiger partial charge < -0.3 is 4.98 Å². The molecule has 0 bridgehead atoms. The highest BCUT2D eigenvalue weighted by atomic mass is 16.2. The van der Waals surface area contributed by atoms with Gasteiger partial charge >= 0.3 is 5.69 Å². The van der Waals surface area contributed by atoms with Crippen LogP contribution in [0.4, 0.5) is 0 Å². The minimum atomic E-state index is -0.332. The predicted octanol–water partition coefficient (Wildman–Crippen LogP) is -0.382. The molecule has 1 aromatic heterocycles. The Morgan fingerprint density at radius 3 is 2.94 bits per heavy atom. The van der Waals surface area contributed by atoms with E-state index < -0.39 is 0 Å². The fourth-order valence-electron chi connectivity index (χ4n) is 2.00. The molecule has 0 atom stereocenters. The maximum atomic E-state index is 11.9. The number of rotatable bonds is 2. The average Bonchev–Trinajstić information content (AvgIpc) is 2.28. The van der Waals surface area contributed by atoms with Gasteiger partial charge in [0.05, 0.1) is 5.56 Å². The average molecular weight is 221 g/mol. The number of hydrogen-bond acceptors (Lipinski definition) is 3. The first-order chi connectivity index (χ1) is 7.63. The number of nitrogens with zero attached hydrogens (tertiary/aromatic N) is 2. The molecule has 0 aliphatic carbocycles. The standard InChI is InChI=1S/C11H15N3O2/c1-3-5-14-6-4-9-8(7-14)10(15)13(2)11(16)12-9/h3H,1,4-7H2,2H3,(H,12,16). The van der Waals surface area contributed by atoms with Gasteiger partial charge in [0.15, 0.2) is 0 Å². The van der Waals surface area contributed by atoms with Gasteiger partial charge in [-0.3, -0.25) is 14.3 Å². The molecule has 0 radical (unpaired) electrons. The topological polar surface area (TPSA) is 58.1 Å². The largest absolute Gasteiger partial charge is 0.328 e. The van der Waals surface area contributed by atoms with Gasteiger partial charge in [0, 0.05) is 38.8 Å². The molecule has 0 fully saturated rings. The monoisotopic (exact) mass is 221 g/mol. The summed E-state index contributed by atoms with van der Waals surface area (Å²) >= 11 is 0. The maximum Gasteiger partial charge on any atom is 0.328 e. The van der Waals surface area contributed by atoms with Crippen LogP contribution in [0.3, 0.4) is 0 Å². The first-order valence-corrected chi connectivity index (χ1v) is 5.27. The first-order valence-electron chi connectivity index (χ1n) is 5.27. The second kappa shape index (κ2) is 4.09. The van der Waals surface area contributed by atoms with Crippen molar-refractivity contribution in [3.05, 3.63) is 44.8 Å². The third kappa shape index (κ3) is 1.74. The molecule has 2 heterocycles. The first kappa shape index (κ1) is 10.9. The molecule has 1 aromatic rings. The molecule has 5 heteroatoms. The Balaban J connectivity index is 2.45. The normalized spacial score (nSPS) is 15.8. The van der Waals surface area contributed by atoms with Crippen LogP contribution in [0.25, 0.3) is 0 Å². The maximum absolute atomic E-state index is 11.9. The predicted molar refractivity (Wildman–Crippen MR) is 61.5 cm³/mol. The van der Waals surface area contributed by atoms with E-state index in [0.717, 1.165) is 23.4 Å². The van der Waals surface area contributed by atoms with E-state index in [4.69, 9.17) is 0 Å². The van der Waals surface area contributed by atoms with Crippen molar-refractivity contribution in [2.45, 2.75) is 13.0 Å². The Bertz CT molecular complexity index is 527. The van der Waals surface area contributed by atoms with E-state index in [1.165, 1.54) is 7.05 Å². The highest BCUT2D eigenvalue weighted by Gasteiger charge is 2.20. The number of nitrogens with one attached hydrogen (secondary N) is 1. The number of aromatic amines is 1. The van der Waals surface area contributed by atoms with Crippen molar-refractivity contribution < 1.29 is 0 Å². The van der Waals surface area contributed by atoms with Gasteiger partial charge in [-0.2, -0.15) is 0 Å². The molecule has 2 rings (SSSR count). The number of hydrogen-bond donors (Lipinski definition) is 1. The van der Waals surface area contributed by atoms with E-state index in [1.54, 1.807) is 0 Å². The van der Waals surface area contributed by atoms with E-state index in [0.29, 0.717) is 18.5 Å². The highest BCUT2D eigenvalue weighted by Crippen LogP contribution is 2.11. The van der Waals surface area contributed by atoms with Crippen molar-refractivity contribution in [3.63, 3.8) is 0 Å². The van der Waals surface area contributed by atoms with E-state index in [9.17, 15) is 9.59 Å². The van der Waals surface area contributed by atoms with Gasteiger partial charge in [-0.05, 0) is 0 Å². The van der Waals surface area contributed by atoms with Gasteiger partial charge in [0.1, 0.15) is 0 Å². The Morgan fingerprint density at radius 2 is 2.25 bits per heavy atom. The van der Waals surface area contributed by atoms with Crippen molar-refractivity contribution in [1.82, 2.24) is 14.5 Å². The molecule has 0 saturated carbocycles. The van der Waals surface area contributed by atoms with Crippen LogP contribution in [0.5, 0.6) is 0 Å². The molecular formula is C11H15N3O2. The quantitative estimate of drug-likeness (QED) is 0.692. The summed E-state index contributed by atoms with van der Waals surface area (Å²) in [6.07, 6.45) is 2.54. The smallest absolute Gasteiger partial charge is 0.311 e. The molecule has 86 valence electrons. The lowest BCUT2D eigenvalue weighted by molar-refractivity contribution is 0.276. The number of H-pyrrole nitrogens is 1. The van der Waals surface area contributed by atoms with Crippen LogP contribution >= 0.6 is 0 Å². The summed E-state index contributed by atoms with van der Waals surface area (Å²) in [6, 6.07) is 0. The number of fused-ring (bicyclic) bond motifs is 1. The summed E-state index contributed by atoms with van der Waals surface area (Å²) in [4.78, 5) is 28.2. The minimum Gasteiger partial charge on any atom is -0.311 e. The van der Waals surface area contributed by atoms with Crippen LogP contribution in [0.15, 0.2) is 22.2 Å². The van der Waals surface area contributed by atoms with Crippen LogP contribution in [-0.4, -0.2) is 27.5 Å². The molecule has 5 nitrogen and oxygen atoms in total. The van der Waals surface area contributed by atoms with Crippen molar-refractivity contribution in [2.75, 3.05) is 13.1 Å². The lowest BCUT2D eigenvalue weighted by atomic mass is 10.1. The van der Waals surface area contributed by atoms with Crippen molar-refractivity contribution in [1.29, 1.82) is 0 Å². The van der Waals surface area contributed by atoms with Gasteiger partial charge in [-0.1, -0.05) is 6.08 Å². The zero-order chi connectivity index (χ0) is 11.7. The van der Waals surface area contributed by atoms with E-state index >= 15 is 0 Å². The molecule has 16 heavy (non-hydrogen) atoms. The summed E-state index contributed by atoms with van der Waals surface area (Å²) in [6.45, 7) is 5.89. The van der Waals surface area contributed by atoms with E-state index in [-0.39, 0.29) is 11.2 Å². The third-order valence-corrected chi connectivity index (χ3v) is 2.94. The summed E-state index contributed by atoms with van der Waals surface area (Å²) in [5, 5.41) is 0. The van der Waals surface area contributed by atoms with Crippen LogP contribution in [-0.2, 0) is 20.0 Å². The lowest BCUT2D eigenvalue weighted by Gasteiger charge is -2.26. The van der Waals surface area contributed by atoms with Crippen LogP contribution in [0, 0.1) is 0 Å². The second-order valence-corrected chi connectivity index (χ2v) is 4.03. The summed E-state index contributed by atoms with van der Waals surface area (Å²) < 4.78 is 1.12. The molecule has 1 N–H and O–H groups in total. The number of aromatic nitrogens is 2. The van der Waals surface area contributed by atoms with E-state index in [1.807, 2.05) is 6.08 Å². The van der Waals surface area contributed by atoms with Gasteiger partial charge in [0.25, 0.3) is 5.56 Å².